The summed E-state index contributed by atoms with van der Waals surface area (Å²) in [5.74, 6) is 1.96. The molecule has 8 heteroatoms. The molecule has 0 aromatic carbocycles. The molecule has 8 nitrogen and oxygen atoms in total. The van der Waals surface area contributed by atoms with E-state index in [-0.39, 0.29) is 24.2 Å². The fourth-order valence-electron chi connectivity index (χ4n) is 3.98. The van der Waals surface area contributed by atoms with Crippen LogP contribution < -0.4 is 15.5 Å². The van der Waals surface area contributed by atoms with Crippen LogP contribution >= 0.6 is 0 Å². The summed E-state index contributed by atoms with van der Waals surface area (Å²) in [4.78, 5) is 25.0. The number of nitrogens with zero attached hydrogens (tertiary/aromatic N) is 4. The van der Waals surface area contributed by atoms with Crippen molar-refractivity contribution in [2.75, 3.05) is 38.1 Å². The number of hydrogen-bond acceptors (Lipinski definition) is 5. The van der Waals surface area contributed by atoms with Gasteiger partial charge in [0, 0.05) is 58.4 Å². The van der Waals surface area contributed by atoms with Crippen molar-refractivity contribution < 1.29 is 9.53 Å². The zero-order valence-electron chi connectivity index (χ0n) is 18.0. The van der Waals surface area contributed by atoms with Crippen molar-refractivity contribution in [1.82, 2.24) is 20.5 Å². The van der Waals surface area contributed by atoms with Crippen LogP contribution in [0.1, 0.15) is 39.2 Å². The number of carbonyl (C=O) groups excluding carboxylic acids is 1. The smallest absolute Gasteiger partial charge is 0.222 e. The van der Waals surface area contributed by atoms with Gasteiger partial charge >= 0.3 is 0 Å². The minimum atomic E-state index is 0.215. The van der Waals surface area contributed by atoms with E-state index < -0.39 is 0 Å². The van der Waals surface area contributed by atoms with E-state index in [2.05, 4.69) is 51.5 Å². The molecule has 2 N–H and O–H groups in total. The molecule has 1 aromatic rings. The van der Waals surface area contributed by atoms with Crippen molar-refractivity contribution in [1.29, 1.82) is 0 Å². The maximum atomic E-state index is 11.8. The molecule has 3 rings (SSSR count). The van der Waals surface area contributed by atoms with Crippen LogP contribution in [0.15, 0.2) is 23.3 Å². The van der Waals surface area contributed by atoms with Gasteiger partial charge in [-0.25, -0.2) is 4.98 Å². The molecule has 0 spiro atoms. The Morgan fingerprint density at radius 2 is 2.03 bits per heavy atom. The molecule has 0 saturated carbocycles. The molecule has 2 aliphatic heterocycles. The molecular formula is C21H34N6O2. The number of aromatic nitrogens is 1. The Balaban J connectivity index is 1.48. The number of nitrogens with one attached hydrogen (secondary N) is 2. The monoisotopic (exact) mass is 402 g/mol. The van der Waals surface area contributed by atoms with E-state index in [0.717, 1.165) is 49.9 Å². The van der Waals surface area contributed by atoms with Gasteiger partial charge in [0.05, 0.1) is 12.2 Å². The summed E-state index contributed by atoms with van der Waals surface area (Å²) in [6.07, 6.45) is 3.85. The van der Waals surface area contributed by atoms with Crippen molar-refractivity contribution in [2.45, 2.75) is 58.4 Å². The Kier molecular flexibility index (Phi) is 7.30. The van der Waals surface area contributed by atoms with Crippen LogP contribution in [-0.4, -0.2) is 73.2 Å². The summed E-state index contributed by atoms with van der Waals surface area (Å²) in [6, 6.07) is 4.41. The molecule has 0 bridgehead atoms. The highest BCUT2D eigenvalue weighted by Crippen LogP contribution is 2.18. The van der Waals surface area contributed by atoms with Gasteiger partial charge in [-0.2, -0.15) is 0 Å². The SMILES string of the molecule is CCC(=O)N1CCC(NC(=NC)NCc2ccc(N3CC(C)OC(C)C3)nc2)C1. The summed E-state index contributed by atoms with van der Waals surface area (Å²) < 4.78 is 5.80. The summed E-state index contributed by atoms with van der Waals surface area (Å²) in [5, 5.41) is 6.77. The zero-order chi connectivity index (χ0) is 20.8. The first-order valence-corrected chi connectivity index (χ1v) is 10.6. The van der Waals surface area contributed by atoms with Crippen LogP contribution in [0.4, 0.5) is 5.82 Å². The number of ether oxygens (including phenoxy) is 1. The van der Waals surface area contributed by atoms with E-state index >= 15 is 0 Å². The van der Waals surface area contributed by atoms with Crippen molar-refractivity contribution in [3.8, 4) is 0 Å². The Morgan fingerprint density at radius 3 is 2.66 bits per heavy atom. The number of morpholine rings is 1. The Hall–Kier alpha value is -2.35. The summed E-state index contributed by atoms with van der Waals surface area (Å²) in [7, 11) is 1.77. The molecule has 29 heavy (non-hydrogen) atoms. The third-order valence-electron chi connectivity index (χ3n) is 5.42. The summed E-state index contributed by atoms with van der Waals surface area (Å²) in [5.41, 5.74) is 1.10. The fraction of sp³-hybridized carbons (Fsp3) is 0.667. The molecule has 2 aliphatic rings. The number of aliphatic imine (C=N–C) groups is 1. The van der Waals surface area contributed by atoms with Crippen LogP contribution in [0, 0.1) is 0 Å². The van der Waals surface area contributed by atoms with Gasteiger partial charge in [-0.05, 0) is 31.9 Å². The van der Waals surface area contributed by atoms with Crippen LogP contribution in [0.2, 0.25) is 0 Å². The Bertz CT molecular complexity index is 698. The largest absolute Gasteiger partial charge is 0.372 e. The summed E-state index contributed by atoms with van der Waals surface area (Å²) in [6.45, 7) is 10.0. The van der Waals surface area contributed by atoms with Gasteiger partial charge in [0.15, 0.2) is 5.96 Å². The Morgan fingerprint density at radius 1 is 1.28 bits per heavy atom. The van der Waals surface area contributed by atoms with E-state index in [1.54, 1.807) is 7.05 Å². The third-order valence-corrected chi connectivity index (χ3v) is 5.42. The van der Waals surface area contributed by atoms with Gasteiger partial charge in [0.25, 0.3) is 0 Å². The lowest BCUT2D eigenvalue weighted by Gasteiger charge is -2.36. The van der Waals surface area contributed by atoms with E-state index in [1.807, 2.05) is 18.0 Å². The number of rotatable bonds is 5. The molecule has 2 saturated heterocycles. The minimum Gasteiger partial charge on any atom is -0.372 e. The highest BCUT2D eigenvalue weighted by Gasteiger charge is 2.26. The zero-order valence-corrected chi connectivity index (χ0v) is 18.0. The Labute approximate surface area is 173 Å². The van der Waals surface area contributed by atoms with Gasteiger partial charge in [0.1, 0.15) is 5.82 Å². The van der Waals surface area contributed by atoms with E-state index in [0.29, 0.717) is 13.0 Å². The van der Waals surface area contributed by atoms with Crippen molar-refractivity contribution in [3.63, 3.8) is 0 Å². The van der Waals surface area contributed by atoms with Crippen molar-refractivity contribution in [3.05, 3.63) is 23.9 Å². The molecule has 3 unspecified atom stereocenters. The molecule has 1 amide bonds. The van der Waals surface area contributed by atoms with Crippen LogP contribution in [-0.2, 0) is 16.1 Å². The normalized spacial score (nSPS) is 25.2. The lowest BCUT2D eigenvalue weighted by molar-refractivity contribution is -0.129. The maximum Gasteiger partial charge on any atom is 0.222 e. The predicted molar refractivity (Wildman–Crippen MR) is 115 cm³/mol. The number of guanidine groups is 1. The number of likely N-dealkylation sites (tertiary alicyclic amines) is 1. The second-order valence-corrected chi connectivity index (χ2v) is 7.94. The highest BCUT2D eigenvalue weighted by molar-refractivity contribution is 5.80. The first kappa shape index (κ1) is 21.4. The van der Waals surface area contributed by atoms with Crippen LogP contribution in [0.5, 0.6) is 0 Å². The number of anilines is 1. The van der Waals surface area contributed by atoms with E-state index in [9.17, 15) is 4.79 Å². The average molecular weight is 403 g/mol. The van der Waals surface area contributed by atoms with Crippen LogP contribution in [0.3, 0.4) is 0 Å². The number of amides is 1. The number of hydrogen-bond donors (Lipinski definition) is 2. The molecule has 160 valence electrons. The number of pyridine rings is 1. The first-order valence-electron chi connectivity index (χ1n) is 10.6. The van der Waals surface area contributed by atoms with Crippen LogP contribution in [0.25, 0.3) is 0 Å². The van der Waals surface area contributed by atoms with Gasteiger partial charge in [-0.1, -0.05) is 13.0 Å². The fourth-order valence-corrected chi connectivity index (χ4v) is 3.98. The van der Waals surface area contributed by atoms with Gasteiger partial charge < -0.3 is 25.2 Å². The summed E-state index contributed by atoms with van der Waals surface area (Å²) >= 11 is 0. The predicted octanol–water partition coefficient (Wildman–Crippen LogP) is 1.37. The topological polar surface area (TPSA) is 82.1 Å². The second-order valence-electron chi connectivity index (χ2n) is 7.94. The third kappa shape index (κ3) is 5.82. The van der Waals surface area contributed by atoms with E-state index in [4.69, 9.17) is 4.74 Å². The lowest BCUT2D eigenvalue weighted by atomic mass is 10.2. The average Bonchev–Trinajstić information content (AvgIpc) is 3.18. The standard InChI is InChI=1S/C21H34N6O2/c1-5-20(28)26-9-8-18(14-26)25-21(22-4)24-11-17-6-7-19(23-10-17)27-12-15(2)29-16(3)13-27/h6-7,10,15-16,18H,5,8-9,11-14H2,1-4H3,(H2,22,24,25). The molecule has 2 fully saturated rings. The highest BCUT2D eigenvalue weighted by atomic mass is 16.5. The lowest BCUT2D eigenvalue weighted by Crippen LogP contribution is -2.46. The number of carbonyl (C=O) groups is 1. The van der Waals surface area contributed by atoms with Gasteiger partial charge in [0.2, 0.25) is 5.91 Å². The van der Waals surface area contributed by atoms with E-state index in [1.165, 1.54) is 0 Å². The molecule has 0 aliphatic carbocycles. The molecular weight excluding hydrogens is 368 g/mol. The molecule has 3 heterocycles. The molecule has 0 radical (unpaired) electrons. The van der Waals surface area contributed by atoms with Crippen molar-refractivity contribution in [2.24, 2.45) is 4.99 Å². The second kappa shape index (κ2) is 9.91. The minimum absolute atomic E-state index is 0.215. The van der Waals surface area contributed by atoms with Gasteiger partial charge in [-0.3, -0.25) is 9.79 Å². The molecule has 1 aromatic heterocycles. The maximum absolute atomic E-state index is 11.8. The van der Waals surface area contributed by atoms with Crippen molar-refractivity contribution >= 4 is 17.7 Å². The quantitative estimate of drug-likeness (QED) is 0.572. The first-order chi connectivity index (χ1) is 14.0. The molecule has 3 atom stereocenters. The van der Waals surface area contributed by atoms with Gasteiger partial charge in [-0.15, -0.1) is 0 Å².